The van der Waals surface area contributed by atoms with Crippen LogP contribution in [0.1, 0.15) is 17.5 Å². The fraction of sp³-hybridized carbons (Fsp3) is 0.150. The van der Waals surface area contributed by atoms with Crippen LogP contribution in [0.3, 0.4) is 0 Å². The second-order valence-electron chi connectivity index (χ2n) is 6.12. The van der Waals surface area contributed by atoms with E-state index in [0.29, 0.717) is 33.6 Å². The standard InChI is InChI=1S/C20H19ClN6O2S/c1-11(28)26-12-4-5-14(21)17(8-12)24-9-13-15(25-10-23-2)6-7-16-18(13)30-20(27-16)19(22)29-3/h4-8,10,22,24H,2,9H2,1,3H3,(H,26,28)/b22-19?,25-10-. The van der Waals surface area contributed by atoms with Gasteiger partial charge in [-0.2, -0.15) is 0 Å². The number of anilines is 2. The average Bonchev–Trinajstić information content (AvgIpc) is 3.16. The summed E-state index contributed by atoms with van der Waals surface area (Å²) in [5.41, 5.74) is 3.58. The van der Waals surface area contributed by atoms with E-state index in [-0.39, 0.29) is 11.8 Å². The molecule has 0 bridgehead atoms. The molecule has 0 saturated heterocycles. The van der Waals surface area contributed by atoms with Crippen molar-refractivity contribution >= 4 is 75.1 Å². The molecule has 1 aromatic heterocycles. The first-order valence-corrected chi connectivity index (χ1v) is 9.97. The van der Waals surface area contributed by atoms with Crippen molar-refractivity contribution in [2.75, 3.05) is 17.7 Å². The molecule has 0 spiro atoms. The first-order valence-electron chi connectivity index (χ1n) is 8.77. The molecule has 3 aromatic rings. The fourth-order valence-electron chi connectivity index (χ4n) is 2.74. The molecule has 8 nitrogen and oxygen atoms in total. The molecule has 0 radical (unpaired) electrons. The number of nitrogens with one attached hydrogen (secondary N) is 3. The van der Waals surface area contributed by atoms with Gasteiger partial charge in [-0.1, -0.05) is 11.6 Å². The molecule has 0 aliphatic rings. The van der Waals surface area contributed by atoms with Crippen molar-refractivity contribution in [1.29, 1.82) is 5.41 Å². The van der Waals surface area contributed by atoms with E-state index in [0.717, 1.165) is 15.8 Å². The van der Waals surface area contributed by atoms with Crippen molar-refractivity contribution in [2.45, 2.75) is 13.5 Å². The van der Waals surface area contributed by atoms with Gasteiger partial charge in [0.25, 0.3) is 0 Å². The quantitative estimate of drug-likeness (QED) is 0.358. The van der Waals surface area contributed by atoms with Crippen molar-refractivity contribution in [2.24, 2.45) is 9.98 Å². The second kappa shape index (κ2) is 9.47. The minimum absolute atomic E-state index is 0.000952. The molecule has 0 unspecified atom stereocenters. The van der Waals surface area contributed by atoms with Crippen LogP contribution >= 0.6 is 22.9 Å². The third kappa shape index (κ3) is 4.81. The maximum absolute atomic E-state index is 11.3. The highest BCUT2D eigenvalue weighted by Crippen LogP contribution is 2.34. The zero-order valence-corrected chi connectivity index (χ0v) is 17.9. The number of carbonyl (C=O) groups is 1. The molecule has 2 aromatic carbocycles. The zero-order valence-electron chi connectivity index (χ0n) is 16.3. The Kier molecular flexibility index (Phi) is 6.76. The maximum atomic E-state index is 11.3. The number of carbonyl (C=O) groups excluding carboxylic acids is 1. The Labute approximate surface area is 182 Å². The molecular formula is C20H19ClN6O2S. The van der Waals surface area contributed by atoms with Gasteiger partial charge in [-0.15, -0.1) is 11.3 Å². The number of amides is 1. The maximum Gasteiger partial charge on any atom is 0.242 e. The van der Waals surface area contributed by atoms with Crippen LogP contribution in [-0.2, 0) is 16.1 Å². The van der Waals surface area contributed by atoms with Gasteiger partial charge in [0.1, 0.15) is 6.34 Å². The predicted molar refractivity (Wildman–Crippen MR) is 124 cm³/mol. The molecule has 1 heterocycles. The van der Waals surface area contributed by atoms with Gasteiger partial charge in [-0.05, 0) is 37.0 Å². The van der Waals surface area contributed by atoms with E-state index in [9.17, 15) is 4.79 Å². The van der Waals surface area contributed by atoms with Gasteiger partial charge >= 0.3 is 0 Å². The first kappa shape index (κ1) is 21.4. The smallest absolute Gasteiger partial charge is 0.242 e. The third-order valence-electron chi connectivity index (χ3n) is 4.05. The van der Waals surface area contributed by atoms with E-state index < -0.39 is 0 Å². The Hall–Kier alpha value is -3.30. The molecule has 10 heteroatoms. The van der Waals surface area contributed by atoms with Crippen molar-refractivity contribution in [1.82, 2.24) is 4.98 Å². The van der Waals surface area contributed by atoms with Crippen LogP contribution in [0.2, 0.25) is 5.02 Å². The molecule has 0 atom stereocenters. The Bertz CT molecular complexity index is 1160. The molecule has 0 fully saturated rings. The van der Waals surface area contributed by atoms with E-state index in [4.69, 9.17) is 21.7 Å². The molecular weight excluding hydrogens is 424 g/mol. The summed E-state index contributed by atoms with van der Waals surface area (Å²) in [5.74, 6) is -0.168. The van der Waals surface area contributed by atoms with Crippen LogP contribution in [0, 0.1) is 5.41 Å². The summed E-state index contributed by atoms with van der Waals surface area (Å²) in [4.78, 5) is 23.8. The fourth-order valence-corrected chi connectivity index (χ4v) is 3.96. The number of hydrogen-bond donors (Lipinski definition) is 3. The van der Waals surface area contributed by atoms with Crippen LogP contribution in [0.4, 0.5) is 17.1 Å². The minimum atomic E-state index is -0.167. The number of benzene rings is 2. The number of aromatic nitrogens is 1. The number of thiazole rings is 1. The van der Waals surface area contributed by atoms with Crippen molar-refractivity contribution in [3.05, 3.63) is 45.9 Å². The number of rotatable bonds is 7. The molecule has 3 rings (SSSR count). The summed E-state index contributed by atoms with van der Waals surface area (Å²) in [6.07, 6.45) is 1.37. The lowest BCUT2D eigenvalue weighted by Gasteiger charge is -2.13. The first-order chi connectivity index (χ1) is 14.4. The zero-order chi connectivity index (χ0) is 21.7. The molecule has 0 aliphatic carbocycles. The minimum Gasteiger partial charge on any atom is -0.479 e. The predicted octanol–water partition coefficient (Wildman–Crippen LogP) is 4.85. The molecule has 1 amide bonds. The molecule has 3 N–H and O–H groups in total. The Balaban J connectivity index is 2.00. The van der Waals surface area contributed by atoms with E-state index in [2.05, 4.69) is 32.3 Å². The average molecular weight is 443 g/mol. The van der Waals surface area contributed by atoms with Crippen LogP contribution in [-0.4, -0.2) is 37.0 Å². The van der Waals surface area contributed by atoms with Crippen LogP contribution in [0.5, 0.6) is 0 Å². The summed E-state index contributed by atoms with van der Waals surface area (Å²) in [5, 5.41) is 14.9. The van der Waals surface area contributed by atoms with Gasteiger partial charge in [0.2, 0.25) is 11.8 Å². The Morgan fingerprint density at radius 3 is 2.90 bits per heavy atom. The normalized spacial score (nSPS) is 10.9. The van der Waals surface area contributed by atoms with Gasteiger partial charge in [0.15, 0.2) is 5.01 Å². The SMILES string of the molecule is C=N/C=N\c1ccc2nc(C(=N)OC)sc2c1CNc1cc(NC(C)=O)ccc1Cl. The summed E-state index contributed by atoms with van der Waals surface area (Å²) >= 11 is 7.67. The van der Waals surface area contributed by atoms with Gasteiger partial charge in [-0.3, -0.25) is 15.2 Å². The van der Waals surface area contributed by atoms with Crippen molar-refractivity contribution in [3.63, 3.8) is 0 Å². The number of ether oxygens (including phenoxy) is 1. The van der Waals surface area contributed by atoms with Gasteiger partial charge < -0.3 is 15.4 Å². The number of methoxy groups -OCH3 is 1. The lowest BCUT2D eigenvalue weighted by molar-refractivity contribution is -0.114. The highest BCUT2D eigenvalue weighted by atomic mass is 35.5. The number of halogens is 1. The molecule has 0 aliphatic heterocycles. The second-order valence-corrected chi connectivity index (χ2v) is 7.53. The summed E-state index contributed by atoms with van der Waals surface area (Å²) in [6.45, 7) is 5.25. The molecule has 154 valence electrons. The van der Waals surface area contributed by atoms with E-state index >= 15 is 0 Å². The van der Waals surface area contributed by atoms with Gasteiger partial charge in [0, 0.05) is 24.7 Å². The van der Waals surface area contributed by atoms with Gasteiger partial charge in [-0.25, -0.2) is 9.98 Å². The number of fused-ring (bicyclic) bond motifs is 1. The van der Waals surface area contributed by atoms with Crippen molar-refractivity contribution < 1.29 is 9.53 Å². The van der Waals surface area contributed by atoms with Crippen molar-refractivity contribution in [3.8, 4) is 0 Å². The van der Waals surface area contributed by atoms with Crippen LogP contribution in [0.15, 0.2) is 40.3 Å². The lowest BCUT2D eigenvalue weighted by atomic mass is 10.1. The van der Waals surface area contributed by atoms with Crippen LogP contribution in [0.25, 0.3) is 10.2 Å². The molecule has 0 saturated carbocycles. The summed E-state index contributed by atoms with van der Waals surface area (Å²) < 4.78 is 5.87. The summed E-state index contributed by atoms with van der Waals surface area (Å²) in [6, 6.07) is 8.86. The largest absolute Gasteiger partial charge is 0.479 e. The number of aliphatic imine (C=N–C) groups is 2. The highest BCUT2D eigenvalue weighted by molar-refractivity contribution is 7.20. The van der Waals surface area contributed by atoms with E-state index in [1.54, 1.807) is 18.2 Å². The van der Waals surface area contributed by atoms with E-state index in [1.165, 1.54) is 31.7 Å². The van der Waals surface area contributed by atoms with Gasteiger partial charge in [0.05, 0.1) is 33.7 Å². The summed E-state index contributed by atoms with van der Waals surface area (Å²) in [7, 11) is 1.44. The molecule has 30 heavy (non-hydrogen) atoms. The third-order valence-corrected chi connectivity index (χ3v) is 5.51. The number of nitrogens with zero attached hydrogens (tertiary/aromatic N) is 3. The monoisotopic (exact) mass is 442 g/mol. The Morgan fingerprint density at radius 1 is 1.40 bits per heavy atom. The Morgan fingerprint density at radius 2 is 2.20 bits per heavy atom. The lowest BCUT2D eigenvalue weighted by Crippen LogP contribution is -2.07. The number of hydrogen-bond acceptors (Lipinski definition) is 7. The topological polar surface area (TPSA) is 112 Å². The highest BCUT2D eigenvalue weighted by Gasteiger charge is 2.15. The van der Waals surface area contributed by atoms with Crippen LogP contribution < -0.4 is 10.6 Å². The van der Waals surface area contributed by atoms with E-state index in [1.807, 2.05) is 12.1 Å².